The van der Waals surface area contributed by atoms with Gasteiger partial charge in [-0.3, -0.25) is 0 Å². The van der Waals surface area contributed by atoms with E-state index in [0.29, 0.717) is 0 Å². The number of anilines is 6. The van der Waals surface area contributed by atoms with Gasteiger partial charge in [0.15, 0.2) is 0 Å². The van der Waals surface area contributed by atoms with Gasteiger partial charge in [-0.25, -0.2) is 0 Å². The van der Waals surface area contributed by atoms with E-state index in [2.05, 4.69) is 337 Å². The number of hydrogen-bond donors (Lipinski definition) is 0. The van der Waals surface area contributed by atoms with Gasteiger partial charge in [0.2, 0.25) is 0 Å². The van der Waals surface area contributed by atoms with Crippen molar-refractivity contribution in [2.45, 2.75) is 10.8 Å². The summed E-state index contributed by atoms with van der Waals surface area (Å²) in [6.07, 6.45) is 0. The Morgan fingerprint density at radius 1 is 0.205 bits per heavy atom. The maximum atomic E-state index is 7.10. The van der Waals surface area contributed by atoms with Gasteiger partial charge < -0.3 is 18.6 Å². The lowest BCUT2D eigenvalue weighted by Crippen LogP contribution is -2.28. The summed E-state index contributed by atoms with van der Waals surface area (Å²) < 4.78 is 14.2. The first-order chi connectivity index (χ1) is 43.6. The lowest BCUT2D eigenvalue weighted by atomic mass is 9.67. The van der Waals surface area contributed by atoms with Gasteiger partial charge in [0.05, 0.1) is 10.8 Å². The Hall–Kier alpha value is -11.5. The highest BCUT2D eigenvalue weighted by molar-refractivity contribution is 6.23. The molecule has 0 saturated carbocycles. The van der Waals surface area contributed by atoms with E-state index < -0.39 is 10.8 Å². The molecule has 0 saturated heterocycles. The summed E-state index contributed by atoms with van der Waals surface area (Å²) in [5, 5.41) is 6.23. The van der Waals surface area contributed by atoms with Crippen LogP contribution in [0.4, 0.5) is 34.1 Å². The maximum Gasteiger partial charge on any atom is 0.143 e. The first-order valence-electron chi connectivity index (χ1n) is 30.3. The van der Waals surface area contributed by atoms with Crippen molar-refractivity contribution < 1.29 is 8.83 Å². The summed E-state index contributed by atoms with van der Waals surface area (Å²) in [5.74, 6) is 0. The molecule has 0 amide bonds. The van der Waals surface area contributed by atoms with Crippen LogP contribution in [0.5, 0.6) is 0 Å². The van der Waals surface area contributed by atoms with Crippen LogP contribution in [0, 0.1) is 0 Å². The molecule has 4 nitrogen and oxygen atoms in total. The standard InChI is InChI=1S/C84H54N2O2/c1-5-23-55(24-6-1)83(75-39-17-13-35-65(75)66-36-14-18-40-76(66)83)57-27-21-33-61(51-57)85(59-29-9-3-10-30-59)63-43-45-69-71-47-49-74-73(81(71)87-79(69)53-63)50-48-72-70-46-44-64(54-80(70)88-82(72)74)86(60-31-11-4-12-32-60)62-34-22-28-58(52-62)84(56-25-7-2-8-26-56)77-41-19-15-37-67(77)68-38-16-20-42-78(68)84/h1-54H. The molecular weight excluding hydrogens is 1070 g/mol. The number of rotatable bonds is 10. The summed E-state index contributed by atoms with van der Waals surface area (Å²) in [5.41, 5.74) is 23.5. The predicted octanol–water partition coefficient (Wildman–Crippen LogP) is 22.3. The van der Waals surface area contributed by atoms with Crippen LogP contribution >= 0.6 is 0 Å². The van der Waals surface area contributed by atoms with Crippen LogP contribution in [0.15, 0.2) is 336 Å². The zero-order chi connectivity index (χ0) is 57.9. The number of benzene rings is 14. The van der Waals surface area contributed by atoms with Crippen molar-refractivity contribution in [1.29, 1.82) is 0 Å². The van der Waals surface area contributed by atoms with Crippen molar-refractivity contribution in [1.82, 2.24) is 0 Å². The van der Waals surface area contributed by atoms with E-state index in [1.165, 1.54) is 66.8 Å². The Kier molecular flexibility index (Phi) is 11.1. The number of para-hydroxylation sites is 2. The van der Waals surface area contributed by atoms with Crippen molar-refractivity contribution in [3.05, 3.63) is 372 Å². The van der Waals surface area contributed by atoms with Gasteiger partial charge in [0.25, 0.3) is 0 Å². The molecule has 0 radical (unpaired) electrons. The summed E-state index contributed by atoms with van der Waals surface area (Å²) in [6.45, 7) is 0. The highest BCUT2D eigenvalue weighted by Gasteiger charge is 2.47. The molecule has 0 N–H and O–H groups in total. The first kappa shape index (κ1) is 49.9. The lowest BCUT2D eigenvalue weighted by molar-refractivity contribution is 0.669. The average molecular weight is 1120 g/mol. The van der Waals surface area contributed by atoms with Crippen molar-refractivity contribution in [3.8, 4) is 22.3 Å². The van der Waals surface area contributed by atoms with Crippen LogP contribution in [0.3, 0.4) is 0 Å². The van der Waals surface area contributed by atoms with Crippen LogP contribution in [0.2, 0.25) is 0 Å². The van der Waals surface area contributed by atoms with Gasteiger partial charge in [-0.05, 0) is 164 Å². The molecule has 2 aliphatic carbocycles. The highest BCUT2D eigenvalue weighted by Crippen LogP contribution is 2.59. The fourth-order valence-electron chi connectivity index (χ4n) is 15.4. The number of nitrogens with zero attached hydrogens (tertiary/aromatic N) is 2. The zero-order valence-electron chi connectivity index (χ0n) is 47.9. The Morgan fingerprint density at radius 3 is 0.841 bits per heavy atom. The quantitative estimate of drug-likeness (QED) is 0.137. The lowest BCUT2D eigenvalue weighted by Gasteiger charge is -2.35. The fourth-order valence-corrected chi connectivity index (χ4v) is 15.4. The van der Waals surface area contributed by atoms with Gasteiger partial charge >= 0.3 is 0 Å². The second-order valence-electron chi connectivity index (χ2n) is 23.4. The second-order valence-corrected chi connectivity index (χ2v) is 23.4. The molecule has 18 rings (SSSR count). The SMILES string of the molecule is c1ccc(N(c2cccc(C3(c4ccccc4)c4ccccc4-c4ccccc43)c2)c2ccc3c(c2)oc2c3ccc3c2ccc2c4ccc(N(c5ccccc5)c5cccc(C6(c7ccccc7)c7ccccc7-c7ccccc76)c5)cc4oc23)cc1. The van der Waals surface area contributed by atoms with Gasteiger partial charge in [-0.15, -0.1) is 0 Å². The third-order valence-electron chi connectivity index (χ3n) is 19.0. The minimum atomic E-state index is -0.538. The fraction of sp³-hybridized carbons (Fsp3) is 0.0238. The topological polar surface area (TPSA) is 32.8 Å². The molecule has 0 fully saturated rings. The van der Waals surface area contributed by atoms with Gasteiger partial charge in [0.1, 0.15) is 22.3 Å². The number of furan rings is 2. The zero-order valence-corrected chi connectivity index (χ0v) is 47.9. The number of hydrogen-bond acceptors (Lipinski definition) is 4. The molecular formula is C84H54N2O2. The number of fused-ring (bicyclic) bond motifs is 15. The second kappa shape index (κ2) is 19.5. The van der Waals surface area contributed by atoms with Crippen molar-refractivity contribution in [2.75, 3.05) is 9.80 Å². The summed E-state index contributed by atoms with van der Waals surface area (Å²) >= 11 is 0. The normalized spacial score (nSPS) is 13.4. The van der Waals surface area contributed by atoms with Crippen LogP contribution in [0.1, 0.15) is 44.5 Å². The van der Waals surface area contributed by atoms with Crippen LogP contribution in [-0.2, 0) is 10.8 Å². The van der Waals surface area contributed by atoms with E-state index in [0.717, 1.165) is 88.8 Å². The van der Waals surface area contributed by atoms with E-state index in [9.17, 15) is 0 Å². The van der Waals surface area contributed by atoms with Gasteiger partial charge in [-0.2, -0.15) is 0 Å². The molecule has 2 aliphatic rings. The Morgan fingerprint density at radius 2 is 0.477 bits per heavy atom. The molecule has 14 aromatic carbocycles. The molecule has 0 bridgehead atoms. The first-order valence-corrected chi connectivity index (χ1v) is 30.3. The average Bonchev–Trinajstić information content (AvgIpc) is 1.58. The van der Waals surface area contributed by atoms with Crippen molar-refractivity contribution in [2.24, 2.45) is 0 Å². The van der Waals surface area contributed by atoms with Crippen LogP contribution in [-0.4, -0.2) is 0 Å². The van der Waals surface area contributed by atoms with E-state index >= 15 is 0 Å². The third kappa shape index (κ3) is 7.20. The third-order valence-corrected chi connectivity index (χ3v) is 19.0. The molecule has 0 aliphatic heterocycles. The van der Waals surface area contributed by atoms with Crippen LogP contribution < -0.4 is 9.80 Å². The Labute approximate surface area is 509 Å². The molecule has 0 spiro atoms. The van der Waals surface area contributed by atoms with E-state index in [-0.39, 0.29) is 0 Å². The van der Waals surface area contributed by atoms with E-state index in [1.807, 2.05) is 0 Å². The molecule has 0 atom stereocenters. The van der Waals surface area contributed by atoms with E-state index in [4.69, 9.17) is 8.83 Å². The molecule has 2 heterocycles. The van der Waals surface area contributed by atoms with Gasteiger partial charge in [-0.1, -0.05) is 218 Å². The smallest absolute Gasteiger partial charge is 0.143 e. The molecule has 88 heavy (non-hydrogen) atoms. The molecule has 16 aromatic rings. The minimum Gasteiger partial charge on any atom is -0.455 e. The molecule has 412 valence electrons. The predicted molar refractivity (Wildman–Crippen MR) is 362 cm³/mol. The summed E-state index contributed by atoms with van der Waals surface area (Å²) in [6, 6.07) is 120. The Bertz CT molecular complexity index is 4980. The molecule has 0 unspecified atom stereocenters. The van der Waals surface area contributed by atoms with E-state index in [1.54, 1.807) is 0 Å². The van der Waals surface area contributed by atoms with Crippen molar-refractivity contribution >= 4 is 88.8 Å². The molecule has 2 aromatic heterocycles. The monoisotopic (exact) mass is 1120 g/mol. The molecule has 4 heteroatoms. The van der Waals surface area contributed by atoms with Gasteiger partial charge in [0, 0.05) is 78.6 Å². The minimum absolute atomic E-state index is 0.538. The largest absolute Gasteiger partial charge is 0.455 e. The summed E-state index contributed by atoms with van der Waals surface area (Å²) in [4.78, 5) is 4.72. The van der Waals surface area contributed by atoms with Crippen LogP contribution in [0.25, 0.3) is 76.9 Å². The summed E-state index contributed by atoms with van der Waals surface area (Å²) in [7, 11) is 0. The Balaban J connectivity index is 0.749. The van der Waals surface area contributed by atoms with Crippen molar-refractivity contribution in [3.63, 3.8) is 0 Å². The highest BCUT2D eigenvalue weighted by atomic mass is 16.3. The maximum absolute atomic E-state index is 7.10.